The third kappa shape index (κ3) is 3.30. The molecule has 0 amide bonds. The van der Waals surface area contributed by atoms with E-state index in [2.05, 4.69) is 10.3 Å². The van der Waals surface area contributed by atoms with Crippen LogP contribution in [0.5, 0.6) is 5.88 Å². The van der Waals surface area contributed by atoms with Gasteiger partial charge >= 0.3 is 0 Å². The molecule has 6 heteroatoms. The Morgan fingerprint density at radius 1 is 1.38 bits per heavy atom. The van der Waals surface area contributed by atoms with Gasteiger partial charge in [-0.25, -0.2) is 8.78 Å². The molecular formula is C10H15F2N3O. The fourth-order valence-corrected chi connectivity index (χ4v) is 1.05. The van der Waals surface area contributed by atoms with Crippen molar-refractivity contribution in [2.45, 2.75) is 0 Å². The maximum Gasteiger partial charge on any atom is 0.252 e. The molecule has 1 N–H and O–H groups in total. The highest BCUT2D eigenvalue weighted by Gasteiger charge is 2.11. The van der Waals surface area contributed by atoms with Gasteiger partial charge in [0.25, 0.3) is 5.88 Å². The molecule has 0 aliphatic rings. The molecule has 0 aliphatic heterocycles. The Hall–Kier alpha value is -1.43. The zero-order chi connectivity index (χ0) is 12.1. The van der Waals surface area contributed by atoms with E-state index in [1.165, 1.54) is 7.05 Å². The molecule has 1 heterocycles. The van der Waals surface area contributed by atoms with E-state index in [0.29, 0.717) is 13.2 Å². The maximum atomic E-state index is 13.2. The number of hydrogen-bond acceptors (Lipinski definition) is 4. The van der Waals surface area contributed by atoms with E-state index in [0.717, 1.165) is 6.07 Å². The molecule has 1 rings (SSSR count). The van der Waals surface area contributed by atoms with Crippen molar-refractivity contribution in [1.82, 2.24) is 9.88 Å². The van der Waals surface area contributed by atoms with Gasteiger partial charge in [-0.15, -0.1) is 0 Å². The third-order valence-corrected chi connectivity index (χ3v) is 1.91. The Bertz CT molecular complexity index is 358. The lowest BCUT2D eigenvalue weighted by molar-refractivity contribution is 0.243. The Kier molecular flexibility index (Phi) is 4.42. The van der Waals surface area contributed by atoms with E-state index >= 15 is 0 Å². The first kappa shape index (κ1) is 12.6. The minimum absolute atomic E-state index is 0.0266. The molecule has 1 aromatic heterocycles. The first-order valence-electron chi connectivity index (χ1n) is 4.86. The fraction of sp³-hybridized carbons (Fsp3) is 0.500. The van der Waals surface area contributed by atoms with Gasteiger partial charge in [0, 0.05) is 19.7 Å². The smallest absolute Gasteiger partial charge is 0.252 e. The van der Waals surface area contributed by atoms with Gasteiger partial charge in [-0.3, -0.25) is 0 Å². The van der Waals surface area contributed by atoms with Crippen molar-refractivity contribution in [1.29, 1.82) is 0 Å². The van der Waals surface area contributed by atoms with Crippen molar-refractivity contribution in [3.63, 3.8) is 0 Å². The van der Waals surface area contributed by atoms with Crippen LogP contribution in [0.4, 0.5) is 14.6 Å². The SMILES string of the molecule is CNc1nc(OCCN(C)C)c(F)cc1F. The van der Waals surface area contributed by atoms with Crippen molar-refractivity contribution < 1.29 is 13.5 Å². The predicted molar refractivity (Wildman–Crippen MR) is 57.7 cm³/mol. The molecule has 1 aromatic rings. The number of hydrogen-bond donors (Lipinski definition) is 1. The van der Waals surface area contributed by atoms with Gasteiger partial charge in [0.15, 0.2) is 17.5 Å². The number of anilines is 1. The molecule has 0 atom stereocenters. The number of halogens is 2. The van der Waals surface area contributed by atoms with Crippen molar-refractivity contribution >= 4 is 5.82 Å². The van der Waals surface area contributed by atoms with Crippen LogP contribution in [-0.2, 0) is 0 Å². The molecule has 0 unspecified atom stereocenters. The van der Waals surface area contributed by atoms with Gasteiger partial charge in [-0.1, -0.05) is 0 Å². The zero-order valence-corrected chi connectivity index (χ0v) is 9.55. The van der Waals surface area contributed by atoms with Crippen LogP contribution in [0, 0.1) is 11.6 Å². The highest BCUT2D eigenvalue weighted by atomic mass is 19.1. The van der Waals surface area contributed by atoms with E-state index in [1.54, 1.807) is 0 Å². The van der Waals surface area contributed by atoms with Crippen LogP contribution in [-0.4, -0.2) is 44.2 Å². The molecule has 0 saturated carbocycles. The minimum Gasteiger partial charge on any atom is -0.474 e. The number of nitrogens with one attached hydrogen (secondary N) is 1. The summed E-state index contributed by atoms with van der Waals surface area (Å²) in [6, 6.07) is 0.754. The highest BCUT2D eigenvalue weighted by molar-refractivity contribution is 5.38. The molecule has 0 spiro atoms. The average Bonchev–Trinajstić information content (AvgIpc) is 2.20. The second-order valence-electron chi connectivity index (χ2n) is 3.51. The second-order valence-corrected chi connectivity index (χ2v) is 3.51. The molecule has 0 aromatic carbocycles. The molecule has 90 valence electrons. The lowest BCUT2D eigenvalue weighted by Gasteiger charge is -2.11. The summed E-state index contributed by atoms with van der Waals surface area (Å²) in [5.74, 6) is -1.75. The first-order chi connectivity index (χ1) is 7.54. The quantitative estimate of drug-likeness (QED) is 0.829. The Labute approximate surface area is 93.2 Å². The van der Waals surface area contributed by atoms with Gasteiger partial charge in [-0.05, 0) is 14.1 Å². The van der Waals surface area contributed by atoms with Crippen LogP contribution in [0.2, 0.25) is 0 Å². The summed E-state index contributed by atoms with van der Waals surface area (Å²) in [6.07, 6.45) is 0. The third-order valence-electron chi connectivity index (χ3n) is 1.91. The summed E-state index contributed by atoms with van der Waals surface area (Å²) in [4.78, 5) is 5.57. The summed E-state index contributed by atoms with van der Waals surface area (Å²) < 4.78 is 31.4. The van der Waals surface area contributed by atoms with E-state index in [-0.39, 0.29) is 11.7 Å². The zero-order valence-electron chi connectivity index (χ0n) is 9.55. The second kappa shape index (κ2) is 5.60. The summed E-state index contributed by atoms with van der Waals surface area (Å²) in [7, 11) is 5.25. The molecule has 16 heavy (non-hydrogen) atoms. The fourth-order valence-electron chi connectivity index (χ4n) is 1.05. The molecular weight excluding hydrogens is 216 g/mol. The number of aromatic nitrogens is 1. The monoisotopic (exact) mass is 231 g/mol. The summed E-state index contributed by atoms with van der Waals surface area (Å²) >= 11 is 0. The Morgan fingerprint density at radius 3 is 2.62 bits per heavy atom. The largest absolute Gasteiger partial charge is 0.474 e. The summed E-state index contributed by atoms with van der Waals surface area (Å²) in [5, 5.41) is 2.52. The first-order valence-corrected chi connectivity index (χ1v) is 4.86. The average molecular weight is 231 g/mol. The van der Waals surface area contributed by atoms with Gasteiger partial charge in [0.2, 0.25) is 0 Å². The van der Waals surface area contributed by atoms with Crippen molar-refractivity contribution in [2.24, 2.45) is 0 Å². The van der Waals surface area contributed by atoms with Crippen LogP contribution in [0.3, 0.4) is 0 Å². The van der Waals surface area contributed by atoms with Gasteiger partial charge in [0.05, 0.1) is 0 Å². The van der Waals surface area contributed by atoms with Gasteiger partial charge in [-0.2, -0.15) is 4.98 Å². The van der Waals surface area contributed by atoms with Crippen molar-refractivity contribution in [3.8, 4) is 5.88 Å². The molecule has 0 aliphatic carbocycles. The van der Waals surface area contributed by atoms with E-state index in [9.17, 15) is 8.78 Å². The Balaban J connectivity index is 2.72. The lowest BCUT2D eigenvalue weighted by Crippen LogP contribution is -2.20. The van der Waals surface area contributed by atoms with Gasteiger partial charge in [0.1, 0.15) is 6.61 Å². The highest BCUT2D eigenvalue weighted by Crippen LogP contribution is 2.20. The van der Waals surface area contributed by atoms with Crippen molar-refractivity contribution in [3.05, 3.63) is 17.7 Å². The molecule has 0 bridgehead atoms. The van der Waals surface area contributed by atoms with Crippen LogP contribution < -0.4 is 10.1 Å². The van der Waals surface area contributed by atoms with Crippen LogP contribution >= 0.6 is 0 Å². The van der Waals surface area contributed by atoms with E-state index < -0.39 is 11.6 Å². The number of rotatable bonds is 5. The normalized spacial score (nSPS) is 10.6. The lowest BCUT2D eigenvalue weighted by atomic mass is 10.4. The minimum atomic E-state index is -0.796. The van der Waals surface area contributed by atoms with Crippen LogP contribution in [0.1, 0.15) is 0 Å². The predicted octanol–water partition coefficient (Wildman–Crippen LogP) is 1.34. The van der Waals surface area contributed by atoms with E-state index in [4.69, 9.17) is 4.74 Å². The van der Waals surface area contributed by atoms with Crippen LogP contribution in [0.25, 0.3) is 0 Å². The number of pyridine rings is 1. The summed E-state index contributed by atoms with van der Waals surface area (Å²) in [6.45, 7) is 0.930. The van der Waals surface area contributed by atoms with Crippen LogP contribution in [0.15, 0.2) is 6.07 Å². The maximum absolute atomic E-state index is 13.2. The molecule has 0 radical (unpaired) electrons. The standard InChI is InChI=1S/C10H15F2N3O/c1-13-9-7(11)6-8(12)10(14-9)16-5-4-15(2)3/h6H,4-5H2,1-3H3,(H,13,14). The number of ether oxygens (including phenoxy) is 1. The molecule has 0 saturated heterocycles. The molecule has 4 nitrogen and oxygen atoms in total. The van der Waals surface area contributed by atoms with E-state index in [1.807, 2.05) is 19.0 Å². The Morgan fingerprint density at radius 2 is 2.06 bits per heavy atom. The van der Waals surface area contributed by atoms with Gasteiger partial charge < -0.3 is 15.0 Å². The number of likely N-dealkylation sites (N-methyl/N-ethyl adjacent to an activating group) is 1. The van der Waals surface area contributed by atoms with Crippen molar-refractivity contribution in [2.75, 3.05) is 39.6 Å². The number of nitrogens with zero attached hydrogens (tertiary/aromatic N) is 2. The summed E-state index contributed by atoms with van der Waals surface area (Å²) in [5.41, 5.74) is 0. The molecule has 0 fully saturated rings. The topological polar surface area (TPSA) is 37.4 Å².